The first-order chi connectivity index (χ1) is 24.1. The van der Waals surface area contributed by atoms with Crippen molar-refractivity contribution in [3.8, 4) is 28.7 Å². The molecule has 2 aromatic rings. The Labute approximate surface area is 285 Å². The number of cyclic esters (lactones) is 1. The number of fused-ring (bicyclic) bond motifs is 4. The molecule has 0 radical (unpaired) electrons. The molecule has 5 aliphatic rings. The molecular weight excluding hydrogens is 668 g/mol. The number of carbonyl (C=O) groups excluding carboxylic acids is 2. The smallest absolute Gasteiger partial charge is 0.493 e. The van der Waals surface area contributed by atoms with Crippen LogP contribution in [0.15, 0.2) is 24.3 Å². The lowest BCUT2D eigenvalue weighted by Crippen LogP contribution is -2.63. The maximum absolute atomic E-state index is 13.6. The molecule has 0 spiro atoms. The Morgan fingerprint density at radius 3 is 2.34 bits per heavy atom. The Morgan fingerprint density at radius 2 is 1.66 bits per heavy atom. The fourth-order valence-corrected chi connectivity index (χ4v) is 7.15. The summed E-state index contributed by atoms with van der Waals surface area (Å²) in [5, 5.41) is 40.7. The van der Waals surface area contributed by atoms with E-state index >= 15 is 0 Å². The highest BCUT2D eigenvalue weighted by molar-refractivity contribution is 5.79. The highest BCUT2D eigenvalue weighted by Gasteiger charge is 2.56. The number of methoxy groups -OCH3 is 2. The fourth-order valence-electron chi connectivity index (χ4n) is 7.15. The van der Waals surface area contributed by atoms with Crippen molar-refractivity contribution in [1.29, 1.82) is 0 Å². The molecule has 50 heavy (non-hydrogen) atoms. The second-order valence-electron chi connectivity index (χ2n) is 12.5. The largest absolute Gasteiger partial charge is 0.514 e. The Balaban J connectivity index is 1.26. The van der Waals surface area contributed by atoms with Crippen LogP contribution in [0.3, 0.4) is 0 Å². The van der Waals surface area contributed by atoms with Crippen molar-refractivity contribution in [3.05, 3.63) is 41.0 Å². The van der Waals surface area contributed by atoms with Crippen molar-refractivity contribution >= 4 is 12.1 Å². The molecule has 7 rings (SSSR count). The second kappa shape index (κ2) is 14.0. The molecule has 9 unspecified atom stereocenters. The van der Waals surface area contributed by atoms with Crippen molar-refractivity contribution in [2.75, 3.05) is 47.4 Å². The highest BCUT2D eigenvalue weighted by atomic mass is 16.8. The van der Waals surface area contributed by atoms with Crippen LogP contribution >= 0.6 is 0 Å². The number of aliphatic hydroxyl groups excluding tert-OH is 4. The van der Waals surface area contributed by atoms with Crippen LogP contribution in [0, 0.1) is 11.8 Å². The fraction of sp³-hybridized carbons (Fsp3) is 0.576. The summed E-state index contributed by atoms with van der Waals surface area (Å²) in [6.07, 6.45) is -9.66. The summed E-state index contributed by atoms with van der Waals surface area (Å²) < 4.78 is 62.3. The molecule has 1 aliphatic carbocycles. The molecular formula is C33H38O17. The summed E-state index contributed by atoms with van der Waals surface area (Å²) in [7, 11) is 2.71. The Hall–Kier alpha value is -3.94. The Kier molecular flexibility index (Phi) is 9.66. The molecule has 11 atom stereocenters. The molecule has 17 nitrogen and oxygen atoms in total. The highest BCUT2D eigenvalue weighted by Crippen LogP contribution is 2.57. The van der Waals surface area contributed by atoms with Gasteiger partial charge in [0.1, 0.15) is 37.1 Å². The minimum absolute atomic E-state index is 0.0271. The maximum atomic E-state index is 13.6. The van der Waals surface area contributed by atoms with Gasteiger partial charge >= 0.3 is 12.1 Å². The minimum Gasteiger partial charge on any atom is -0.493 e. The van der Waals surface area contributed by atoms with Gasteiger partial charge in [0.15, 0.2) is 35.6 Å². The van der Waals surface area contributed by atoms with Gasteiger partial charge in [-0.2, -0.15) is 0 Å². The van der Waals surface area contributed by atoms with Crippen LogP contribution in [0.2, 0.25) is 0 Å². The molecule has 0 saturated carbocycles. The van der Waals surface area contributed by atoms with Gasteiger partial charge in [-0.05, 0) is 47.9 Å². The molecule has 0 amide bonds. The Bertz CT molecular complexity index is 1570. The number of benzene rings is 2. The summed E-state index contributed by atoms with van der Waals surface area (Å²) in [4.78, 5) is 26.1. The van der Waals surface area contributed by atoms with Crippen molar-refractivity contribution in [1.82, 2.24) is 0 Å². The van der Waals surface area contributed by atoms with Gasteiger partial charge < -0.3 is 72.5 Å². The van der Waals surface area contributed by atoms with E-state index in [0.29, 0.717) is 28.2 Å². The van der Waals surface area contributed by atoms with Gasteiger partial charge in [0.2, 0.25) is 12.5 Å². The summed E-state index contributed by atoms with van der Waals surface area (Å²) in [6, 6.07) is 6.68. The first kappa shape index (κ1) is 34.5. The lowest BCUT2D eigenvalue weighted by Gasteiger charge is -2.47. The van der Waals surface area contributed by atoms with Gasteiger partial charge in [0.25, 0.3) is 0 Å². The first-order valence-electron chi connectivity index (χ1n) is 16.0. The van der Waals surface area contributed by atoms with Crippen LogP contribution in [0.1, 0.15) is 35.6 Å². The molecule has 272 valence electrons. The summed E-state index contributed by atoms with van der Waals surface area (Å²) in [5.74, 6) is -1.76. The van der Waals surface area contributed by atoms with Crippen LogP contribution in [-0.2, 0) is 33.2 Å². The normalized spacial score (nSPS) is 33.0. The molecule has 3 saturated heterocycles. The predicted molar refractivity (Wildman–Crippen MR) is 162 cm³/mol. The van der Waals surface area contributed by atoms with E-state index in [0.717, 1.165) is 0 Å². The predicted octanol–water partition coefficient (Wildman–Crippen LogP) is 0.502. The van der Waals surface area contributed by atoms with Gasteiger partial charge in [-0.15, -0.1) is 0 Å². The van der Waals surface area contributed by atoms with Crippen molar-refractivity contribution < 1.29 is 82.1 Å². The van der Waals surface area contributed by atoms with E-state index in [9.17, 15) is 24.9 Å². The quantitative estimate of drug-likeness (QED) is 0.206. The van der Waals surface area contributed by atoms with Crippen molar-refractivity contribution in [2.24, 2.45) is 11.8 Å². The summed E-state index contributed by atoms with van der Waals surface area (Å²) in [5.41, 5.74) is 1.73. The van der Waals surface area contributed by atoms with E-state index < -0.39 is 92.3 Å². The second-order valence-corrected chi connectivity index (χ2v) is 12.5. The Morgan fingerprint density at radius 1 is 0.960 bits per heavy atom. The van der Waals surface area contributed by atoms with Crippen LogP contribution in [0.5, 0.6) is 28.7 Å². The number of ether oxygens (including phenoxy) is 11. The number of rotatable bonds is 9. The SMILES string of the molecule is COc1cc([C@@H]2c3cc4c(cc3C(OC3OC5COC(C)OC5C(O)C3O)C3COC(=O)[C@@H]32)OCO4)cc(OC)c1OC(=O)OCC(O)CO. The monoisotopic (exact) mass is 706 g/mol. The van der Waals surface area contributed by atoms with Crippen LogP contribution in [0.4, 0.5) is 4.79 Å². The average molecular weight is 707 g/mol. The van der Waals surface area contributed by atoms with Gasteiger partial charge in [-0.3, -0.25) is 4.79 Å². The summed E-state index contributed by atoms with van der Waals surface area (Å²) in [6.45, 7) is 0.611. The van der Waals surface area contributed by atoms with E-state index in [1.54, 1.807) is 31.2 Å². The minimum atomic E-state index is -1.49. The molecule has 4 heterocycles. The molecule has 17 heteroatoms. The van der Waals surface area contributed by atoms with Crippen LogP contribution in [-0.4, -0.2) is 123 Å². The van der Waals surface area contributed by atoms with Crippen molar-refractivity contribution in [2.45, 2.75) is 62.0 Å². The molecule has 0 bridgehead atoms. The van der Waals surface area contributed by atoms with E-state index in [1.807, 2.05) is 0 Å². The third-order valence-corrected chi connectivity index (χ3v) is 9.52. The van der Waals surface area contributed by atoms with E-state index in [1.165, 1.54) is 14.2 Å². The topological polar surface area (TPSA) is 217 Å². The number of hydrogen-bond acceptors (Lipinski definition) is 17. The standard InChI is InChI=1S/C33H38O17/c1-13-42-11-23-30(47-13)26(36)27(37)32(48-23)49-28-17-7-20-19(45-12-46-20)6-16(17)24(25-18(28)10-43-31(25)38)14-4-21(40-2)29(22(5-14)41-3)50-33(39)44-9-15(35)8-34/h4-7,13,15,18,23-28,30,32,34-37H,8-12H2,1-3H3/t13?,15?,18?,23?,24-,25+,26?,27?,28?,30?,32?/m1/s1. The molecule has 3 fully saturated rings. The van der Waals surface area contributed by atoms with Crippen LogP contribution < -0.4 is 23.7 Å². The van der Waals surface area contributed by atoms with Gasteiger partial charge in [0, 0.05) is 11.8 Å². The summed E-state index contributed by atoms with van der Waals surface area (Å²) >= 11 is 0. The number of hydrogen-bond donors (Lipinski definition) is 4. The lowest BCUT2D eigenvalue weighted by molar-refractivity contribution is -0.364. The average Bonchev–Trinajstić information content (AvgIpc) is 3.74. The van der Waals surface area contributed by atoms with Gasteiger partial charge in [-0.25, -0.2) is 4.79 Å². The third-order valence-electron chi connectivity index (χ3n) is 9.52. The zero-order chi connectivity index (χ0) is 35.3. The molecule has 2 aromatic carbocycles. The van der Waals surface area contributed by atoms with E-state index in [2.05, 4.69) is 0 Å². The van der Waals surface area contributed by atoms with Crippen molar-refractivity contribution in [3.63, 3.8) is 0 Å². The zero-order valence-electron chi connectivity index (χ0n) is 27.3. The third kappa shape index (κ3) is 6.17. The molecule has 0 aromatic heterocycles. The number of aliphatic hydroxyl groups is 4. The lowest BCUT2D eigenvalue weighted by atomic mass is 9.66. The molecule has 4 aliphatic heterocycles. The first-order valence-corrected chi connectivity index (χ1v) is 16.0. The molecule has 4 N–H and O–H groups in total. The zero-order valence-corrected chi connectivity index (χ0v) is 27.3. The van der Waals surface area contributed by atoms with Gasteiger partial charge in [-0.1, -0.05) is 0 Å². The van der Waals surface area contributed by atoms with Crippen LogP contribution in [0.25, 0.3) is 0 Å². The van der Waals surface area contributed by atoms with E-state index in [4.69, 9.17) is 57.2 Å². The van der Waals surface area contributed by atoms with E-state index in [-0.39, 0.29) is 37.3 Å². The number of carbonyl (C=O) groups is 2. The maximum Gasteiger partial charge on any atom is 0.514 e. The number of esters is 1. The van der Waals surface area contributed by atoms with Gasteiger partial charge in [0.05, 0.1) is 46.1 Å².